The molecular formula is C12H21N3O. The molecule has 1 aliphatic heterocycles. The molecule has 0 atom stereocenters. The first-order valence-electron chi connectivity index (χ1n) is 6.24. The summed E-state index contributed by atoms with van der Waals surface area (Å²) < 4.78 is 7.70. The molecule has 2 heterocycles. The van der Waals surface area contributed by atoms with Crippen molar-refractivity contribution in [2.24, 2.45) is 5.92 Å². The van der Waals surface area contributed by atoms with E-state index in [1.165, 1.54) is 12.8 Å². The Morgan fingerprint density at radius 1 is 1.50 bits per heavy atom. The van der Waals surface area contributed by atoms with E-state index in [1.807, 2.05) is 17.1 Å². The first-order valence-corrected chi connectivity index (χ1v) is 6.24. The Bertz CT molecular complexity index is 305. The van der Waals surface area contributed by atoms with Crippen LogP contribution in [0.4, 0.5) is 0 Å². The Kier molecular flexibility index (Phi) is 4.22. The highest BCUT2D eigenvalue weighted by molar-refractivity contribution is 5.11. The number of aromatic nitrogens is 2. The van der Waals surface area contributed by atoms with Crippen LogP contribution in [0.3, 0.4) is 0 Å². The summed E-state index contributed by atoms with van der Waals surface area (Å²) in [5, 5.41) is 7.61. The highest BCUT2D eigenvalue weighted by Gasteiger charge is 2.13. The summed E-state index contributed by atoms with van der Waals surface area (Å²) in [4.78, 5) is 0. The van der Waals surface area contributed by atoms with E-state index < -0.39 is 0 Å². The molecule has 0 spiro atoms. The molecule has 0 aromatic carbocycles. The van der Waals surface area contributed by atoms with Crippen LogP contribution in [0.2, 0.25) is 0 Å². The quantitative estimate of drug-likeness (QED) is 0.825. The van der Waals surface area contributed by atoms with Gasteiger partial charge < -0.3 is 10.1 Å². The summed E-state index contributed by atoms with van der Waals surface area (Å²) in [6.45, 7) is 6.21. The predicted molar refractivity (Wildman–Crippen MR) is 63.6 cm³/mol. The first-order chi connectivity index (χ1) is 7.88. The molecule has 1 aliphatic rings. The number of nitrogens with one attached hydrogen (secondary N) is 1. The fourth-order valence-corrected chi connectivity index (χ4v) is 2.03. The van der Waals surface area contributed by atoms with Crippen molar-refractivity contribution in [2.45, 2.75) is 32.7 Å². The molecule has 0 unspecified atom stereocenters. The molecule has 1 saturated heterocycles. The molecule has 1 aromatic rings. The molecule has 0 radical (unpaired) electrons. The molecule has 1 aromatic heterocycles. The predicted octanol–water partition coefficient (Wildman–Crippen LogP) is 1.67. The molecule has 0 amide bonds. The third-order valence-electron chi connectivity index (χ3n) is 3.01. The summed E-state index contributed by atoms with van der Waals surface area (Å²) >= 11 is 0. The Labute approximate surface area is 97.0 Å². The van der Waals surface area contributed by atoms with Gasteiger partial charge in [-0.1, -0.05) is 6.92 Å². The van der Waals surface area contributed by atoms with Crippen LogP contribution < -0.4 is 10.1 Å². The van der Waals surface area contributed by atoms with Gasteiger partial charge in [0.1, 0.15) is 0 Å². The maximum atomic E-state index is 5.76. The number of nitrogens with zero attached hydrogens (tertiary/aromatic N) is 2. The molecule has 4 nitrogen and oxygen atoms in total. The van der Waals surface area contributed by atoms with Gasteiger partial charge in [0, 0.05) is 6.54 Å². The summed E-state index contributed by atoms with van der Waals surface area (Å²) in [5.41, 5.74) is 0. The molecule has 0 bridgehead atoms. The first kappa shape index (κ1) is 11.5. The number of aryl methyl sites for hydroxylation is 1. The van der Waals surface area contributed by atoms with Crippen molar-refractivity contribution in [1.82, 2.24) is 15.1 Å². The van der Waals surface area contributed by atoms with Gasteiger partial charge in [-0.3, -0.25) is 4.68 Å². The zero-order chi connectivity index (χ0) is 11.2. The van der Waals surface area contributed by atoms with E-state index in [4.69, 9.17) is 4.74 Å². The molecular weight excluding hydrogens is 202 g/mol. The minimum absolute atomic E-state index is 0.704. The number of rotatable bonds is 5. The van der Waals surface area contributed by atoms with Crippen LogP contribution in [0, 0.1) is 5.92 Å². The van der Waals surface area contributed by atoms with Gasteiger partial charge in [-0.05, 0) is 38.3 Å². The number of ether oxygens (including phenoxy) is 1. The lowest BCUT2D eigenvalue weighted by molar-refractivity contribution is 0.215. The van der Waals surface area contributed by atoms with E-state index in [9.17, 15) is 0 Å². The molecule has 16 heavy (non-hydrogen) atoms. The molecule has 1 fully saturated rings. The molecule has 0 aliphatic carbocycles. The Balaban J connectivity index is 1.75. The SMILES string of the molecule is CCCn1cc(OCC2CCNCC2)cn1. The van der Waals surface area contributed by atoms with Crippen LogP contribution in [-0.2, 0) is 6.54 Å². The third-order valence-corrected chi connectivity index (χ3v) is 3.01. The fraction of sp³-hybridized carbons (Fsp3) is 0.750. The van der Waals surface area contributed by atoms with Crippen LogP contribution in [0.25, 0.3) is 0 Å². The van der Waals surface area contributed by atoms with Crippen molar-refractivity contribution in [3.05, 3.63) is 12.4 Å². The van der Waals surface area contributed by atoms with E-state index in [-0.39, 0.29) is 0 Å². The smallest absolute Gasteiger partial charge is 0.157 e. The van der Waals surface area contributed by atoms with E-state index in [0.29, 0.717) is 5.92 Å². The highest BCUT2D eigenvalue weighted by Crippen LogP contribution is 2.15. The maximum Gasteiger partial charge on any atom is 0.157 e. The lowest BCUT2D eigenvalue weighted by atomic mass is 9.99. The monoisotopic (exact) mass is 223 g/mol. The van der Waals surface area contributed by atoms with Gasteiger partial charge in [-0.2, -0.15) is 5.10 Å². The minimum Gasteiger partial charge on any atom is -0.490 e. The van der Waals surface area contributed by atoms with E-state index >= 15 is 0 Å². The van der Waals surface area contributed by atoms with Crippen LogP contribution in [0.5, 0.6) is 5.75 Å². The van der Waals surface area contributed by atoms with Gasteiger partial charge in [0.2, 0.25) is 0 Å². The number of hydrogen-bond donors (Lipinski definition) is 1. The van der Waals surface area contributed by atoms with Gasteiger partial charge in [0.25, 0.3) is 0 Å². The Hall–Kier alpha value is -1.03. The summed E-state index contributed by atoms with van der Waals surface area (Å²) in [6.07, 6.45) is 7.36. The van der Waals surface area contributed by atoms with Crippen LogP contribution in [-0.4, -0.2) is 29.5 Å². The lowest BCUT2D eigenvalue weighted by Gasteiger charge is -2.22. The summed E-state index contributed by atoms with van der Waals surface area (Å²) in [6, 6.07) is 0. The van der Waals surface area contributed by atoms with Crippen molar-refractivity contribution >= 4 is 0 Å². The van der Waals surface area contributed by atoms with Crippen LogP contribution in [0.1, 0.15) is 26.2 Å². The van der Waals surface area contributed by atoms with Crippen LogP contribution in [0.15, 0.2) is 12.4 Å². The average Bonchev–Trinajstić information content (AvgIpc) is 2.76. The Morgan fingerprint density at radius 3 is 3.06 bits per heavy atom. The zero-order valence-electron chi connectivity index (χ0n) is 9.98. The second-order valence-electron chi connectivity index (χ2n) is 4.44. The number of hydrogen-bond acceptors (Lipinski definition) is 3. The van der Waals surface area contributed by atoms with E-state index in [1.54, 1.807) is 0 Å². The minimum atomic E-state index is 0.704. The van der Waals surface area contributed by atoms with Gasteiger partial charge in [-0.25, -0.2) is 0 Å². The van der Waals surface area contributed by atoms with E-state index in [0.717, 1.165) is 38.4 Å². The molecule has 0 saturated carbocycles. The molecule has 90 valence electrons. The second kappa shape index (κ2) is 5.89. The van der Waals surface area contributed by atoms with Gasteiger partial charge in [-0.15, -0.1) is 0 Å². The standard InChI is InChI=1S/C12H21N3O/c1-2-7-15-9-12(8-14-15)16-10-11-3-5-13-6-4-11/h8-9,11,13H,2-7,10H2,1H3. The largest absolute Gasteiger partial charge is 0.490 e. The normalized spacial score (nSPS) is 17.6. The highest BCUT2D eigenvalue weighted by atomic mass is 16.5. The van der Waals surface area contributed by atoms with E-state index in [2.05, 4.69) is 17.3 Å². The summed E-state index contributed by atoms with van der Waals surface area (Å²) in [5.74, 6) is 1.61. The third kappa shape index (κ3) is 3.23. The molecule has 1 N–H and O–H groups in total. The van der Waals surface area contributed by atoms with Gasteiger partial charge >= 0.3 is 0 Å². The second-order valence-corrected chi connectivity index (χ2v) is 4.44. The average molecular weight is 223 g/mol. The molecule has 4 heteroatoms. The molecule has 2 rings (SSSR count). The lowest BCUT2D eigenvalue weighted by Crippen LogP contribution is -2.30. The Morgan fingerprint density at radius 2 is 2.31 bits per heavy atom. The van der Waals surface area contributed by atoms with Crippen molar-refractivity contribution < 1.29 is 4.74 Å². The topological polar surface area (TPSA) is 39.1 Å². The van der Waals surface area contributed by atoms with Crippen LogP contribution >= 0.6 is 0 Å². The van der Waals surface area contributed by atoms with Crippen molar-refractivity contribution in [2.75, 3.05) is 19.7 Å². The summed E-state index contributed by atoms with van der Waals surface area (Å²) in [7, 11) is 0. The number of piperidine rings is 1. The van der Waals surface area contributed by atoms with Crippen molar-refractivity contribution in [3.63, 3.8) is 0 Å². The van der Waals surface area contributed by atoms with Gasteiger partial charge in [0.05, 0.1) is 19.0 Å². The van der Waals surface area contributed by atoms with Crippen molar-refractivity contribution in [1.29, 1.82) is 0 Å². The zero-order valence-corrected chi connectivity index (χ0v) is 9.98. The maximum absolute atomic E-state index is 5.76. The van der Waals surface area contributed by atoms with Crippen molar-refractivity contribution in [3.8, 4) is 5.75 Å². The fourth-order valence-electron chi connectivity index (χ4n) is 2.03. The van der Waals surface area contributed by atoms with Gasteiger partial charge in [0.15, 0.2) is 5.75 Å².